The second-order valence-corrected chi connectivity index (χ2v) is 2.64. The molecule has 14 heavy (non-hydrogen) atoms. The third kappa shape index (κ3) is 8.58. The van der Waals surface area contributed by atoms with Gasteiger partial charge in [0.05, 0.1) is 0 Å². The lowest BCUT2D eigenvalue weighted by molar-refractivity contribution is -0.120. The molecule has 0 rings (SSSR count). The van der Waals surface area contributed by atoms with E-state index in [0.29, 0.717) is 6.54 Å². The first-order chi connectivity index (χ1) is 6.66. The lowest BCUT2D eigenvalue weighted by atomic mass is 10.3. The zero-order valence-corrected chi connectivity index (χ0v) is 8.29. The number of nitrogens with one attached hydrogen (secondary N) is 1. The fraction of sp³-hybridized carbons (Fsp3) is 0.556. The fourth-order valence-corrected chi connectivity index (χ4v) is 0.730. The van der Waals surface area contributed by atoms with E-state index in [1.54, 1.807) is 0 Å². The fourth-order valence-electron chi connectivity index (χ4n) is 0.730. The third-order valence-electron chi connectivity index (χ3n) is 1.33. The van der Waals surface area contributed by atoms with Crippen molar-refractivity contribution in [2.75, 3.05) is 13.2 Å². The van der Waals surface area contributed by atoms with Crippen molar-refractivity contribution in [3.63, 3.8) is 0 Å². The molecule has 0 aromatic rings. The van der Waals surface area contributed by atoms with Crippen LogP contribution >= 0.6 is 0 Å². The summed E-state index contributed by atoms with van der Waals surface area (Å²) in [4.78, 5) is 21.0. The van der Waals surface area contributed by atoms with Crippen LogP contribution in [0.2, 0.25) is 0 Å². The second-order valence-electron chi connectivity index (χ2n) is 2.64. The Kier molecular flexibility index (Phi) is 7.22. The van der Waals surface area contributed by atoms with Crippen LogP contribution in [0.3, 0.4) is 0 Å². The van der Waals surface area contributed by atoms with E-state index in [0.717, 1.165) is 12.8 Å². The minimum atomic E-state index is -0.661. The van der Waals surface area contributed by atoms with Crippen LogP contribution in [-0.4, -0.2) is 25.2 Å². The third-order valence-corrected chi connectivity index (χ3v) is 1.33. The maximum atomic E-state index is 10.8. The summed E-state index contributed by atoms with van der Waals surface area (Å²) in [7, 11) is 0. The van der Waals surface area contributed by atoms with E-state index >= 15 is 0 Å². The number of carbonyl (C=O) groups excluding carboxylic acids is 2. The first-order valence-corrected chi connectivity index (χ1v) is 4.50. The Labute approximate surface area is 83.3 Å². The maximum Gasteiger partial charge on any atom is 0.407 e. The predicted molar refractivity (Wildman–Crippen MR) is 52.6 cm³/mol. The van der Waals surface area contributed by atoms with Crippen LogP contribution in [-0.2, 0) is 9.53 Å². The number of primary amides is 1. The summed E-state index contributed by atoms with van der Waals surface area (Å²) in [6, 6.07) is 0. The summed E-state index contributed by atoms with van der Waals surface area (Å²) in [6.45, 7) is 2.15. The molecule has 5 heteroatoms. The maximum absolute atomic E-state index is 10.8. The van der Waals surface area contributed by atoms with Crippen LogP contribution in [0.5, 0.6) is 0 Å². The van der Waals surface area contributed by atoms with E-state index in [2.05, 4.69) is 10.1 Å². The molecule has 0 aromatic heterocycles. The van der Waals surface area contributed by atoms with Crippen LogP contribution in [0, 0.1) is 0 Å². The smallest absolute Gasteiger partial charge is 0.407 e. The molecule has 2 amide bonds. The van der Waals surface area contributed by atoms with Crippen LogP contribution in [0.4, 0.5) is 4.79 Å². The van der Waals surface area contributed by atoms with E-state index in [4.69, 9.17) is 5.73 Å². The van der Waals surface area contributed by atoms with E-state index in [-0.39, 0.29) is 6.61 Å². The summed E-state index contributed by atoms with van der Waals surface area (Å²) in [5.74, 6) is -0.661. The summed E-state index contributed by atoms with van der Waals surface area (Å²) in [5.41, 5.74) is 4.78. The normalized spacial score (nSPS) is 10.1. The predicted octanol–water partition coefficient (Wildman–Crippen LogP) is 0.554. The Morgan fingerprint density at radius 2 is 2.14 bits per heavy atom. The van der Waals surface area contributed by atoms with Gasteiger partial charge in [-0.3, -0.25) is 4.79 Å². The van der Waals surface area contributed by atoms with Crippen molar-refractivity contribution < 1.29 is 14.3 Å². The molecular weight excluding hydrogens is 184 g/mol. The van der Waals surface area contributed by atoms with Crippen LogP contribution in [0.1, 0.15) is 19.8 Å². The van der Waals surface area contributed by atoms with Crippen molar-refractivity contribution in [1.29, 1.82) is 0 Å². The van der Waals surface area contributed by atoms with Gasteiger partial charge in [-0.15, -0.1) is 0 Å². The zero-order valence-electron chi connectivity index (χ0n) is 8.29. The molecule has 0 aliphatic heterocycles. The lowest BCUT2D eigenvalue weighted by Gasteiger charge is -2.03. The van der Waals surface area contributed by atoms with Gasteiger partial charge in [0.2, 0.25) is 0 Å². The van der Waals surface area contributed by atoms with Gasteiger partial charge in [-0.25, -0.2) is 4.79 Å². The van der Waals surface area contributed by atoms with E-state index in [1.807, 2.05) is 19.1 Å². The molecular formula is C9H16N2O3. The second kappa shape index (κ2) is 8.10. The quantitative estimate of drug-likeness (QED) is 0.485. The molecule has 0 saturated carbocycles. The Morgan fingerprint density at radius 1 is 1.43 bits per heavy atom. The Bertz CT molecular complexity index is 214. The molecule has 0 fully saturated rings. The molecule has 0 unspecified atom stereocenters. The Balaban J connectivity index is 3.35. The van der Waals surface area contributed by atoms with Gasteiger partial charge in [-0.2, -0.15) is 0 Å². The number of nitrogens with two attached hydrogens (primary N) is 1. The van der Waals surface area contributed by atoms with Gasteiger partial charge in [-0.1, -0.05) is 19.1 Å². The van der Waals surface area contributed by atoms with Crippen molar-refractivity contribution >= 4 is 12.0 Å². The van der Waals surface area contributed by atoms with Gasteiger partial charge < -0.3 is 15.8 Å². The van der Waals surface area contributed by atoms with Gasteiger partial charge in [0.25, 0.3) is 5.91 Å². The lowest BCUT2D eigenvalue weighted by Crippen LogP contribution is -2.29. The standard InChI is InChI=1S/C9H16N2O3/c1-2-3-4-5-6-11-9(13)14-7-8(10)12/h3-4H,2,5-7H2,1H3,(H2,10,12)(H,11,13)/b4-3-. The molecule has 0 aromatic carbocycles. The minimum absolute atomic E-state index is 0.378. The summed E-state index contributed by atoms with van der Waals surface area (Å²) < 4.78 is 4.46. The zero-order chi connectivity index (χ0) is 10.8. The van der Waals surface area contributed by atoms with Gasteiger partial charge in [-0.05, 0) is 12.8 Å². The SMILES string of the molecule is CC/C=C\CCNC(=O)OCC(N)=O. The molecule has 0 aliphatic rings. The number of ether oxygens (including phenoxy) is 1. The number of hydrogen-bond donors (Lipinski definition) is 2. The summed E-state index contributed by atoms with van der Waals surface area (Å²) in [6.07, 6.45) is 5.09. The van der Waals surface area contributed by atoms with Gasteiger partial charge in [0.15, 0.2) is 6.61 Å². The van der Waals surface area contributed by atoms with Crippen LogP contribution in [0.25, 0.3) is 0 Å². The minimum Gasteiger partial charge on any atom is -0.439 e. The molecule has 0 atom stereocenters. The number of amides is 2. The average Bonchev–Trinajstić information content (AvgIpc) is 2.14. The molecule has 0 aliphatic carbocycles. The van der Waals surface area contributed by atoms with Crippen molar-refractivity contribution in [2.24, 2.45) is 5.73 Å². The highest BCUT2D eigenvalue weighted by Gasteiger charge is 2.01. The van der Waals surface area contributed by atoms with Crippen molar-refractivity contribution in [1.82, 2.24) is 5.32 Å². The number of alkyl carbamates (subject to hydrolysis) is 1. The highest BCUT2D eigenvalue weighted by molar-refractivity contribution is 5.78. The molecule has 0 bridgehead atoms. The Hall–Kier alpha value is -1.52. The van der Waals surface area contributed by atoms with E-state index < -0.39 is 12.0 Å². The molecule has 5 nitrogen and oxygen atoms in total. The van der Waals surface area contributed by atoms with Crippen LogP contribution < -0.4 is 11.1 Å². The van der Waals surface area contributed by atoms with Gasteiger partial charge in [0, 0.05) is 6.54 Å². The van der Waals surface area contributed by atoms with Crippen molar-refractivity contribution in [3.05, 3.63) is 12.2 Å². The summed E-state index contributed by atoms with van der Waals surface area (Å²) in [5, 5.41) is 2.48. The molecule has 0 saturated heterocycles. The highest BCUT2D eigenvalue weighted by atomic mass is 16.6. The average molecular weight is 200 g/mol. The topological polar surface area (TPSA) is 81.4 Å². The van der Waals surface area contributed by atoms with Gasteiger partial charge >= 0.3 is 6.09 Å². The monoisotopic (exact) mass is 200 g/mol. The number of allylic oxidation sites excluding steroid dienone is 1. The molecule has 80 valence electrons. The van der Waals surface area contributed by atoms with Gasteiger partial charge in [0.1, 0.15) is 0 Å². The van der Waals surface area contributed by atoms with E-state index in [9.17, 15) is 9.59 Å². The molecule has 3 N–H and O–H groups in total. The first-order valence-electron chi connectivity index (χ1n) is 4.50. The largest absolute Gasteiger partial charge is 0.439 e. The number of hydrogen-bond acceptors (Lipinski definition) is 3. The number of carbonyl (C=O) groups is 2. The summed E-state index contributed by atoms with van der Waals surface area (Å²) >= 11 is 0. The molecule has 0 heterocycles. The van der Waals surface area contributed by atoms with Crippen molar-refractivity contribution in [2.45, 2.75) is 19.8 Å². The number of rotatable bonds is 6. The van der Waals surface area contributed by atoms with Crippen molar-refractivity contribution in [3.8, 4) is 0 Å². The molecule has 0 spiro atoms. The van der Waals surface area contributed by atoms with Crippen LogP contribution in [0.15, 0.2) is 12.2 Å². The molecule has 0 radical (unpaired) electrons. The first kappa shape index (κ1) is 12.5. The highest BCUT2D eigenvalue weighted by Crippen LogP contribution is 1.85. The Morgan fingerprint density at radius 3 is 2.71 bits per heavy atom. The van der Waals surface area contributed by atoms with E-state index in [1.165, 1.54) is 0 Å².